The zero-order valence-corrected chi connectivity index (χ0v) is 15.3. The summed E-state index contributed by atoms with van der Waals surface area (Å²) >= 11 is 0. The molecule has 0 bridgehead atoms. The predicted octanol–water partition coefficient (Wildman–Crippen LogP) is 1.64. The Morgan fingerprint density at radius 1 is 1.32 bits per heavy atom. The van der Waals surface area contributed by atoms with Gasteiger partial charge in [0.2, 0.25) is 11.8 Å². The fourth-order valence-corrected chi connectivity index (χ4v) is 3.70. The van der Waals surface area contributed by atoms with Crippen LogP contribution in [0.2, 0.25) is 0 Å². The number of carbonyl (C=O) groups excluding carboxylic acids is 2. The molecule has 3 rings (SSSR count). The van der Waals surface area contributed by atoms with Gasteiger partial charge in [-0.25, -0.2) is 4.79 Å². The Morgan fingerprint density at radius 2 is 2.08 bits per heavy atom. The molecule has 2 aliphatic rings. The van der Waals surface area contributed by atoms with Gasteiger partial charge in [-0.3, -0.25) is 15.0 Å². The third-order valence-electron chi connectivity index (χ3n) is 5.31. The highest BCUT2D eigenvalue weighted by atomic mass is 16.4. The summed E-state index contributed by atoms with van der Waals surface area (Å²) in [5, 5.41) is 13.5. The number of piperidine rings is 1. The molecule has 8 nitrogen and oxygen atoms in total. The molecule has 25 heavy (non-hydrogen) atoms. The summed E-state index contributed by atoms with van der Waals surface area (Å²) in [4.78, 5) is 26.0. The minimum absolute atomic E-state index is 0.0139. The van der Waals surface area contributed by atoms with Crippen molar-refractivity contribution >= 4 is 11.9 Å². The van der Waals surface area contributed by atoms with Gasteiger partial charge in [0, 0.05) is 18.9 Å². The number of likely N-dealkylation sites (tertiary alicyclic amines) is 1. The fourth-order valence-electron chi connectivity index (χ4n) is 3.70. The number of rotatable bonds is 5. The summed E-state index contributed by atoms with van der Waals surface area (Å²) in [7, 11) is 0. The van der Waals surface area contributed by atoms with Gasteiger partial charge >= 0.3 is 6.03 Å². The van der Waals surface area contributed by atoms with E-state index in [-0.39, 0.29) is 17.9 Å². The van der Waals surface area contributed by atoms with Crippen LogP contribution in [0, 0.1) is 11.8 Å². The number of hydrogen-bond acceptors (Lipinski definition) is 6. The van der Waals surface area contributed by atoms with Crippen LogP contribution < -0.4 is 10.6 Å². The average molecular weight is 349 g/mol. The molecule has 138 valence electrons. The van der Waals surface area contributed by atoms with Crippen LogP contribution in [0.25, 0.3) is 0 Å². The summed E-state index contributed by atoms with van der Waals surface area (Å²) in [5.74, 6) is 1.55. The number of imide groups is 1. The topological polar surface area (TPSA) is 100 Å². The Morgan fingerprint density at radius 3 is 2.72 bits per heavy atom. The smallest absolute Gasteiger partial charge is 0.322 e. The van der Waals surface area contributed by atoms with Crippen molar-refractivity contribution < 1.29 is 14.0 Å². The second-order valence-corrected chi connectivity index (χ2v) is 7.75. The number of nitrogens with one attached hydrogen (secondary N) is 2. The molecular formula is C17H27N5O3. The van der Waals surface area contributed by atoms with Crippen LogP contribution in [0.15, 0.2) is 4.42 Å². The van der Waals surface area contributed by atoms with Crippen molar-refractivity contribution in [1.82, 2.24) is 25.7 Å². The van der Waals surface area contributed by atoms with Crippen LogP contribution in [0.4, 0.5) is 4.79 Å². The third kappa shape index (κ3) is 3.53. The lowest BCUT2D eigenvalue weighted by atomic mass is 9.79. The number of aromatic nitrogens is 2. The van der Waals surface area contributed by atoms with Crippen molar-refractivity contribution in [3.8, 4) is 0 Å². The Kier molecular flexibility index (Phi) is 4.81. The molecule has 3 amide bonds. The van der Waals surface area contributed by atoms with E-state index in [1.165, 1.54) is 0 Å². The molecule has 1 aromatic rings. The number of amides is 3. The molecule has 3 heterocycles. The van der Waals surface area contributed by atoms with Crippen molar-refractivity contribution in [3.63, 3.8) is 0 Å². The Balaban J connectivity index is 1.69. The Hall–Kier alpha value is -1.96. The normalized spacial score (nSPS) is 28.9. The van der Waals surface area contributed by atoms with Crippen molar-refractivity contribution in [1.29, 1.82) is 0 Å². The number of carbonyl (C=O) groups is 2. The highest BCUT2D eigenvalue weighted by Crippen LogP contribution is 2.33. The van der Waals surface area contributed by atoms with Gasteiger partial charge in [-0.15, -0.1) is 10.2 Å². The van der Waals surface area contributed by atoms with E-state index in [1.807, 2.05) is 6.92 Å². The van der Waals surface area contributed by atoms with E-state index in [2.05, 4.69) is 39.6 Å². The standard InChI is InChI=1S/C17H27N5O3/c1-10(2)8-13-20-21-14(25-13)11(3)22-7-5-6-12(9-22)17(4)15(23)18-16(24)19-17/h10-12H,5-9H2,1-4H3,(H2,18,19,23,24)/t11-,12+,17+/m0/s1. The molecule has 2 fully saturated rings. The highest BCUT2D eigenvalue weighted by molar-refractivity contribution is 6.06. The molecule has 1 aromatic heterocycles. The first kappa shape index (κ1) is 17.8. The number of nitrogens with zero attached hydrogens (tertiary/aromatic N) is 3. The van der Waals surface area contributed by atoms with E-state index >= 15 is 0 Å². The lowest BCUT2D eigenvalue weighted by Gasteiger charge is -2.41. The first-order valence-corrected chi connectivity index (χ1v) is 8.99. The van der Waals surface area contributed by atoms with Gasteiger partial charge in [-0.1, -0.05) is 13.8 Å². The van der Waals surface area contributed by atoms with Crippen LogP contribution in [0.5, 0.6) is 0 Å². The van der Waals surface area contributed by atoms with Crippen LogP contribution in [-0.2, 0) is 11.2 Å². The Bertz CT molecular complexity index is 658. The van der Waals surface area contributed by atoms with E-state index in [9.17, 15) is 9.59 Å². The second-order valence-electron chi connectivity index (χ2n) is 7.75. The average Bonchev–Trinajstić information content (AvgIpc) is 3.11. The summed E-state index contributed by atoms with van der Waals surface area (Å²) in [6.45, 7) is 9.69. The largest absolute Gasteiger partial charge is 0.424 e. The quantitative estimate of drug-likeness (QED) is 0.784. The molecule has 0 aliphatic carbocycles. The van der Waals surface area contributed by atoms with Gasteiger partial charge < -0.3 is 9.73 Å². The zero-order chi connectivity index (χ0) is 18.2. The first-order valence-electron chi connectivity index (χ1n) is 8.99. The van der Waals surface area contributed by atoms with Crippen LogP contribution in [-0.4, -0.2) is 45.7 Å². The first-order chi connectivity index (χ1) is 11.8. The summed E-state index contributed by atoms with van der Waals surface area (Å²) in [6.07, 6.45) is 2.63. The molecule has 8 heteroatoms. The van der Waals surface area contributed by atoms with E-state index in [4.69, 9.17) is 4.42 Å². The van der Waals surface area contributed by atoms with Gasteiger partial charge in [-0.05, 0) is 39.2 Å². The molecule has 0 saturated carbocycles. The number of hydrogen-bond donors (Lipinski definition) is 2. The third-order valence-corrected chi connectivity index (χ3v) is 5.31. The summed E-state index contributed by atoms with van der Waals surface area (Å²) in [6, 6.07) is -0.423. The van der Waals surface area contributed by atoms with Crippen molar-refractivity contribution in [2.45, 2.75) is 58.5 Å². The van der Waals surface area contributed by atoms with Gasteiger partial charge in [0.05, 0.1) is 6.04 Å². The maximum absolute atomic E-state index is 12.2. The summed E-state index contributed by atoms with van der Waals surface area (Å²) in [5.41, 5.74) is -0.854. The molecule has 2 saturated heterocycles. The van der Waals surface area contributed by atoms with Crippen molar-refractivity contribution in [2.75, 3.05) is 13.1 Å². The second kappa shape index (κ2) is 6.74. The van der Waals surface area contributed by atoms with Crippen LogP contribution in [0.3, 0.4) is 0 Å². The zero-order valence-electron chi connectivity index (χ0n) is 15.3. The molecule has 0 unspecified atom stereocenters. The Labute approximate surface area is 147 Å². The molecular weight excluding hydrogens is 322 g/mol. The highest BCUT2D eigenvalue weighted by Gasteiger charge is 2.49. The van der Waals surface area contributed by atoms with E-state index < -0.39 is 11.6 Å². The van der Waals surface area contributed by atoms with Crippen molar-refractivity contribution in [2.24, 2.45) is 11.8 Å². The number of urea groups is 1. The van der Waals surface area contributed by atoms with Crippen LogP contribution >= 0.6 is 0 Å². The molecule has 2 N–H and O–H groups in total. The monoisotopic (exact) mass is 349 g/mol. The lowest BCUT2D eigenvalue weighted by Crippen LogP contribution is -2.56. The molecule has 0 aromatic carbocycles. The maximum Gasteiger partial charge on any atom is 0.322 e. The van der Waals surface area contributed by atoms with Crippen LogP contribution in [0.1, 0.15) is 58.4 Å². The van der Waals surface area contributed by atoms with E-state index in [0.29, 0.717) is 24.2 Å². The summed E-state index contributed by atoms with van der Waals surface area (Å²) < 4.78 is 5.82. The van der Waals surface area contributed by atoms with Gasteiger partial charge in [-0.2, -0.15) is 0 Å². The fraction of sp³-hybridized carbons (Fsp3) is 0.765. The molecule has 0 radical (unpaired) electrons. The minimum atomic E-state index is -0.854. The molecule has 3 atom stereocenters. The van der Waals surface area contributed by atoms with Gasteiger partial charge in [0.25, 0.3) is 5.91 Å². The minimum Gasteiger partial charge on any atom is -0.424 e. The maximum atomic E-state index is 12.2. The van der Waals surface area contributed by atoms with E-state index in [0.717, 1.165) is 25.8 Å². The van der Waals surface area contributed by atoms with Gasteiger partial charge in [0.1, 0.15) is 5.54 Å². The molecule has 0 spiro atoms. The lowest BCUT2D eigenvalue weighted by molar-refractivity contribution is -0.126. The molecule has 2 aliphatic heterocycles. The van der Waals surface area contributed by atoms with Crippen molar-refractivity contribution in [3.05, 3.63) is 11.8 Å². The SMILES string of the molecule is CC(C)Cc1nnc([C@H](C)N2CCC[C@@H]([C@@]3(C)NC(=O)NC3=O)C2)o1. The van der Waals surface area contributed by atoms with E-state index in [1.54, 1.807) is 6.92 Å². The predicted molar refractivity (Wildman–Crippen MR) is 90.6 cm³/mol. The van der Waals surface area contributed by atoms with Gasteiger partial charge in [0.15, 0.2) is 0 Å².